The zero-order chi connectivity index (χ0) is 31.9. The SMILES string of the molecule is CC(=O)O[C@@H]1[C@H]2[C@@H](OC(=O)c3ccccc3)[C@H](C)C[C@@]2(O)[C@H](OC(C)=O)[C@@]2(C)[C@@H]3CC(C)(C)C(=O)[C@@]3(OC(C)=O)C[C@]12C. The first kappa shape index (κ1) is 31.2. The molecule has 10 atom stereocenters. The Bertz CT molecular complexity index is 1370. The fourth-order valence-corrected chi connectivity index (χ4v) is 9.60. The van der Waals surface area contributed by atoms with Crippen molar-refractivity contribution in [1.82, 2.24) is 0 Å². The number of carbonyl (C=O) groups excluding carboxylic acids is 5. The number of ether oxygens (including phenoxy) is 4. The molecule has 10 nitrogen and oxygen atoms in total. The van der Waals surface area contributed by atoms with Crippen molar-refractivity contribution in [3.8, 4) is 0 Å². The third kappa shape index (κ3) is 4.26. The van der Waals surface area contributed by atoms with Gasteiger partial charge in [0.25, 0.3) is 0 Å². The van der Waals surface area contributed by atoms with Gasteiger partial charge in [-0.1, -0.05) is 52.8 Å². The highest BCUT2D eigenvalue weighted by molar-refractivity contribution is 5.97. The van der Waals surface area contributed by atoms with Crippen LogP contribution < -0.4 is 0 Å². The van der Waals surface area contributed by atoms with Gasteiger partial charge in [0.15, 0.2) is 11.4 Å². The van der Waals surface area contributed by atoms with Crippen molar-refractivity contribution < 1.29 is 48.0 Å². The average molecular weight is 599 g/mol. The minimum absolute atomic E-state index is 0.0287. The molecule has 0 aliphatic heterocycles. The summed E-state index contributed by atoms with van der Waals surface area (Å²) in [6, 6.07) is 8.43. The second-order valence-corrected chi connectivity index (χ2v) is 14.3. The fourth-order valence-electron chi connectivity index (χ4n) is 9.60. The Morgan fingerprint density at radius 1 is 0.860 bits per heavy atom. The summed E-state index contributed by atoms with van der Waals surface area (Å²) in [5.41, 5.74) is -6.35. The van der Waals surface area contributed by atoms with Crippen molar-refractivity contribution >= 4 is 29.7 Å². The summed E-state index contributed by atoms with van der Waals surface area (Å²) in [7, 11) is 0. The molecule has 1 aromatic carbocycles. The monoisotopic (exact) mass is 598 g/mol. The lowest BCUT2D eigenvalue weighted by Crippen LogP contribution is -2.72. The third-order valence-corrected chi connectivity index (χ3v) is 11.1. The molecule has 0 amide bonds. The van der Waals surface area contributed by atoms with Gasteiger partial charge in [0.1, 0.15) is 23.9 Å². The zero-order valence-corrected chi connectivity index (χ0v) is 26.1. The summed E-state index contributed by atoms with van der Waals surface area (Å²) in [4.78, 5) is 65.6. The average Bonchev–Trinajstić information content (AvgIpc) is 3.34. The van der Waals surface area contributed by atoms with E-state index in [1.54, 1.807) is 44.2 Å². The van der Waals surface area contributed by atoms with Gasteiger partial charge < -0.3 is 24.1 Å². The van der Waals surface area contributed by atoms with E-state index in [0.717, 1.165) is 0 Å². The first-order valence-corrected chi connectivity index (χ1v) is 14.9. The fraction of sp³-hybridized carbons (Fsp3) is 0.667. The first-order chi connectivity index (χ1) is 19.8. The van der Waals surface area contributed by atoms with Crippen LogP contribution in [0.25, 0.3) is 0 Å². The van der Waals surface area contributed by atoms with Crippen molar-refractivity contribution in [2.75, 3.05) is 0 Å². The van der Waals surface area contributed by atoms with Gasteiger partial charge in [-0.05, 0) is 30.9 Å². The van der Waals surface area contributed by atoms with Gasteiger partial charge in [0.2, 0.25) is 0 Å². The van der Waals surface area contributed by atoms with E-state index in [0.29, 0.717) is 12.0 Å². The lowest BCUT2D eigenvalue weighted by atomic mass is 9.47. The summed E-state index contributed by atoms with van der Waals surface area (Å²) in [5.74, 6) is -4.89. The van der Waals surface area contributed by atoms with E-state index in [-0.39, 0.29) is 18.6 Å². The minimum Gasteiger partial charge on any atom is -0.461 e. The van der Waals surface area contributed by atoms with E-state index in [1.165, 1.54) is 20.8 Å². The standard InChI is InChI=1S/C33H42O10/c1-17-14-32(39)23(24(17)42-26(37)21-12-10-9-11-13-21)25(40-18(2)34)30(7)16-33(43-20(4)36)22(15-29(5,6)27(33)38)31(30,8)28(32)41-19(3)35/h9-13,17,22-25,28,39H,14-16H2,1-8H3/t17-,22+,23-,24+,25-,28-,30-,31-,32+,33-/m1/s1. The Morgan fingerprint density at radius 2 is 1.47 bits per heavy atom. The summed E-state index contributed by atoms with van der Waals surface area (Å²) < 4.78 is 24.2. The van der Waals surface area contributed by atoms with Gasteiger partial charge in [-0.3, -0.25) is 19.2 Å². The molecular formula is C33H42O10. The van der Waals surface area contributed by atoms with E-state index in [1.807, 2.05) is 20.8 Å². The summed E-state index contributed by atoms with van der Waals surface area (Å²) in [6.07, 6.45) is -2.89. The van der Waals surface area contributed by atoms with Crippen LogP contribution in [0, 0.1) is 34.0 Å². The molecule has 234 valence electrons. The zero-order valence-electron chi connectivity index (χ0n) is 26.1. The van der Waals surface area contributed by atoms with E-state index >= 15 is 0 Å². The second-order valence-electron chi connectivity index (χ2n) is 14.3. The van der Waals surface area contributed by atoms with Crippen LogP contribution in [0.5, 0.6) is 0 Å². The van der Waals surface area contributed by atoms with Crippen LogP contribution in [0.2, 0.25) is 0 Å². The predicted molar refractivity (Wildman–Crippen MR) is 151 cm³/mol. The quantitative estimate of drug-likeness (QED) is 0.393. The van der Waals surface area contributed by atoms with Crippen molar-refractivity contribution in [1.29, 1.82) is 0 Å². The Balaban J connectivity index is 1.73. The van der Waals surface area contributed by atoms with Crippen LogP contribution in [-0.2, 0) is 38.1 Å². The van der Waals surface area contributed by atoms with Crippen molar-refractivity contribution in [2.45, 2.75) is 104 Å². The number of hydrogen-bond acceptors (Lipinski definition) is 10. The highest BCUT2D eigenvalue weighted by atomic mass is 16.6. The largest absolute Gasteiger partial charge is 0.461 e. The van der Waals surface area contributed by atoms with Crippen LogP contribution in [0.4, 0.5) is 0 Å². The highest BCUT2D eigenvalue weighted by Gasteiger charge is 2.86. The molecule has 0 saturated heterocycles. The number of rotatable bonds is 5. The van der Waals surface area contributed by atoms with Crippen molar-refractivity contribution in [3.05, 3.63) is 35.9 Å². The number of esters is 4. The van der Waals surface area contributed by atoms with Crippen molar-refractivity contribution in [2.24, 2.45) is 34.0 Å². The Morgan fingerprint density at radius 3 is 2.02 bits per heavy atom. The molecule has 1 aromatic rings. The molecule has 43 heavy (non-hydrogen) atoms. The molecule has 0 unspecified atom stereocenters. The van der Waals surface area contributed by atoms with Gasteiger partial charge >= 0.3 is 23.9 Å². The van der Waals surface area contributed by atoms with Crippen LogP contribution in [0.1, 0.15) is 85.0 Å². The van der Waals surface area contributed by atoms with Gasteiger partial charge in [0.05, 0.1) is 11.5 Å². The lowest BCUT2D eigenvalue weighted by Gasteiger charge is -2.62. The van der Waals surface area contributed by atoms with Gasteiger partial charge in [-0.15, -0.1) is 0 Å². The molecule has 0 bridgehead atoms. The molecule has 10 heteroatoms. The van der Waals surface area contributed by atoms with Crippen LogP contribution >= 0.6 is 0 Å². The normalized spacial score (nSPS) is 42.3. The molecule has 0 radical (unpaired) electrons. The molecule has 4 aliphatic carbocycles. The van der Waals surface area contributed by atoms with E-state index in [2.05, 4.69) is 0 Å². The summed E-state index contributed by atoms with van der Waals surface area (Å²) in [5, 5.41) is 12.8. The molecule has 4 saturated carbocycles. The molecule has 4 fully saturated rings. The van der Waals surface area contributed by atoms with Gasteiger partial charge in [-0.2, -0.15) is 0 Å². The molecule has 0 spiro atoms. The first-order valence-electron chi connectivity index (χ1n) is 14.9. The molecule has 0 aromatic heterocycles. The number of aliphatic hydroxyl groups is 1. The van der Waals surface area contributed by atoms with Gasteiger partial charge in [0, 0.05) is 49.4 Å². The molecule has 0 heterocycles. The maximum Gasteiger partial charge on any atom is 0.338 e. The predicted octanol–water partition coefficient (Wildman–Crippen LogP) is 3.81. The van der Waals surface area contributed by atoms with Crippen LogP contribution in [0.3, 0.4) is 0 Å². The number of fused-ring (bicyclic) bond motifs is 4. The second kappa shape index (κ2) is 9.87. The maximum atomic E-state index is 14.2. The van der Waals surface area contributed by atoms with E-state index in [9.17, 15) is 29.1 Å². The van der Waals surface area contributed by atoms with E-state index in [4.69, 9.17) is 18.9 Å². The molecule has 4 aliphatic rings. The van der Waals surface area contributed by atoms with Crippen molar-refractivity contribution in [3.63, 3.8) is 0 Å². The van der Waals surface area contributed by atoms with Crippen LogP contribution in [0.15, 0.2) is 30.3 Å². The lowest BCUT2D eigenvalue weighted by molar-refractivity contribution is -0.284. The number of ketones is 1. The number of Topliss-reactive ketones (excluding diaryl/α,β-unsaturated/α-hetero) is 1. The topological polar surface area (TPSA) is 142 Å². The number of hydrogen-bond donors (Lipinski definition) is 1. The number of benzene rings is 1. The summed E-state index contributed by atoms with van der Waals surface area (Å²) in [6.45, 7) is 12.8. The highest BCUT2D eigenvalue weighted by Crippen LogP contribution is 2.77. The Hall–Kier alpha value is -3.27. The number of carbonyl (C=O) groups is 5. The van der Waals surface area contributed by atoms with Gasteiger partial charge in [-0.25, -0.2) is 4.79 Å². The minimum atomic E-state index is -1.82. The molecule has 5 rings (SSSR count). The molecular weight excluding hydrogens is 556 g/mol. The van der Waals surface area contributed by atoms with Crippen LogP contribution in [-0.4, -0.2) is 64.3 Å². The van der Waals surface area contributed by atoms with E-state index < -0.39 is 87.4 Å². The Kier molecular flexibility index (Phi) is 7.16. The maximum absolute atomic E-state index is 14.2. The smallest absolute Gasteiger partial charge is 0.338 e. The molecule has 1 N–H and O–H groups in total. The summed E-state index contributed by atoms with van der Waals surface area (Å²) >= 11 is 0. The Labute approximate surface area is 251 Å². The third-order valence-electron chi connectivity index (χ3n) is 11.1.